The molecule has 0 aliphatic carbocycles. The summed E-state index contributed by atoms with van der Waals surface area (Å²) in [5.41, 5.74) is 0. The van der Waals surface area contributed by atoms with E-state index >= 15 is 0 Å². The molecule has 0 saturated carbocycles. The van der Waals surface area contributed by atoms with Crippen molar-refractivity contribution in [1.29, 1.82) is 0 Å². The third-order valence-electron chi connectivity index (χ3n) is 6.25. The van der Waals surface area contributed by atoms with E-state index < -0.39 is 0 Å². The summed E-state index contributed by atoms with van der Waals surface area (Å²) < 4.78 is 1.32. The summed E-state index contributed by atoms with van der Waals surface area (Å²) in [6.45, 7) is 18.3. The van der Waals surface area contributed by atoms with Crippen molar-refractivity contribution in [2.24, 2.45) is 0 Å². The minimum Gasteiger partial charge on any atom is -0.324 e. The molecule has 21 heavy (non-hydrogen) atoms. The first-order valence-corrected chi connectivity index (χ1v) is 9.73. The van der Waals surface area contributed by atoms with Gasteiger partial charge in [0.05, 0.1) is 26.2 Å². The fourth-order valence-electron chi connectivity index (χ4n) is 4.33. The zero-order chi connectivity index (χ0) is 15.7. The van der Waals surface area contributed by atoms with Crippen molar-refractivity contribution < 1.29 is 4.48 Å². The van der Waals surface area contributed by atoms with Crippen molar-refractivity contribution in [3.8, 4) is 0 Å². The summed E-state index contributed by atoms with van der Waals surface area (Å²) in [7, 11) is 0. The van der Waals surface area contributed by atoms with E-state index in [0.29, 0.717) is 0 Å². The van der Waals surface area contributed by atoms with E-state index in [1.54, 1.807) is 0 Å². The van der Waals surface area contributed by atoms with Crippen LogP contribution < -0.4 is 0 Å². The largest absolute Gasteiger partial charge is 0.324 e. The lowest BCUT2D eigenvalue weighted by atomic mass is 10.0. The number of nitrogens with zero attached hydrogens (tertiary/aromatic N) is 2. The van der Waals surface area contributed by atoms with Gasteiger partial charge in [-0.25, -0.2) is 0 Å². The third kappa shape index (κ3) is 5.56. The van der Waals surface area contributed by atoms with Gasteiger partial charge >= 0.3 is 0 Å². The first kappa shape index (κ1) is 19.0. The molecule has 0 bridgehead atoms. The fourth-order valence-corrected chi connectivity index (χ4v) is 4.33. The maximum absolute atomic E-state index is 2.73. The van der Waals surface area contributed by atoms with Gasteiger partial charge in [-0.2, -0.15) is 0 Å². The zero-order valence-electron chi connectivity index (χ0n) is 15.5. The fraction of sp³-hybridized carbons (Fsp3) is 1.00. The third-order valence-corrected chi connectivity index (χ3v) is 6.25. The molecule has 0 aromatic heterocycles. The predicted molar refractivity (Wildman–Crippen MR) is 94.7 cm³/mol. The average molecular weight is 298 g/mol. The first-order valence-electron chi connectivity index (χ1n) is 9.73. The van der Waals surface area contributed by atoms with Crippen molar-refractivity contribution in [2.45, 2.75) is 91.6 Å². The Hall–Kier alpha value is -0.0800. The molecule has 2 heteroatoms. The number of unbranched alkanes of at least 4 members (excludes halogenated alkanes) is 3. The predicted octanol–water partition coefficient (Wildman–Crippen LogP) is 4.69. The molecule has 0 radical (unpaired) electrons. The second-order valence-electron chi connectivity index (χ2n) is 7.13. The Kier molecular flexibility index (Phi) is 8.89. The molecule has 2 nitrogen and oxygen atoms in total. The molecule has 1 heterocycles. The van der Waals surface area contributed by atoms with Gasteiger partial charge in [-0.05, 0) is 66.3 Å². The van der Waals surface area contributed by atoms with Gasteiger partial charge in [0.25, 0.3) is 0 Å². The standard InChI is InChI=1S/C19H41N2/c1-6-20-18(5)15-16-19(20)14-12-10-11-13-17-21(7-2,8-3)9-4/h18-19H,6-17H2,1-5H3/q+1. The summed E-state index contributed by atoms with van der Waals surface area (Å²) in [6.07, 6.45) is 10.0. The summed E-state index contributed by atoms with van der Waals surface area (Å²) in [6, 6.07) is 1.72. The van der Waals surface area contributed by atoms with Crippen molar-refractivity contribution in [3.05, 3.63) is 0 Å². The van der Waals surface area contributed by atoms with Crippen LogP contribution in [0, 0.1) is 0 Å². The smallest absolute Gasteiger partial charge is 0.0786 e. The summed E-state index contributed by atoms with van der Waals surface area (Å²) in [5, 5.41) is 0. The van der Waals surface area contributed by atoms with Crippen molar-refractivity contribution in [3.63, 3.8) is 0 Å². The van der Waals surface area contributed by atoms with E-state index in [4.69, 9.17) is 0 Å². The summed E-state index contributed by atoms with van der Waals surface area (Å²) >= 11 is 0. The van der Waals surface area contributed by atoms with Gasteiger partial charge < -0.3 is 4.48 Å². The lowest BCUT2D eigenvalue weighted by molar-refractivity contribution is -0.923. The van der Waals surface area contributed by atoms with Crippen LogP contribution in [0.5, 0.6) is 0 Å². The van der Waals surface area contributed by atoms with Crippen LogP contribution >= 0.6 is 0 Å². The van der Waals surface area contributed by atoms with E-state index in [2.05, 4.69) is 39.5 Å². The van der Waals surface area contributed by atoms with Crippen LogP contribution in [0.4, 0.5) is 0 Å². The monoisotopic (exact) mass is 297 g/mol. The normalized spacial score (nSPS) is 23.9. The van der Waals surface area contributed by atoms with E-state index in [0.717, 1.165) is 12.1 Å². The molecular formula is C19H41N2+. The summed E-state index contributed by atoms with van der Waals surface area (Å²) in [5.74, 6) is 0. The lowest BCUT2D eigenvalue weighted by Gasteiger charge is -2.35. The van der Waals surface area contributed by atoms with Gasteiger partial charge in [0.2, 0.25) is 0 Å². The van der Waals surface area contributed by atoms with Gasteiger partial charge in [0.1, 0.15) is 0 Å². The van der Waals surface area contributed by atoms with Crippen LogP contribution in [-0.4, -0.2) is 54.2 Å². The second kappa shape index (κ2) is 9.84. The molecule has 0 spiro atoms. The van der Waals surface area contributed by atoms with Crippen molar-refractivity contribution >= 4 is 0 Å². The Bertz CT molecular complexity index is 252. The summed E-state index contributed by atoms with van der Waals surface area (Å²) in [4.78, 5) is 2.73. The SMILES string of the molecule is CCN1C(C)CCC1CCCCCC[N+](CC)(CC)CC. The Labute approximate surface area is 134 Å². The highest BCUT2D eigenvalue weighted by Gasteiger charge is 2.28. The van der Waals surface area contributed by atoms with Crippen LogP contribution in [0.25, 0.3) is 0 Å². The van der Waals surface area contributed by atoms with E-state index in [9.17, 15) is 0 Å². The lowest BCUT2D eigenvalue weighted by Crippen LogP contribution is -2.48. The minimum atomic E-state index is 0.830. The Morgan fingerprint density at radius 3 is 2.05 bits per heavy atom. The average Bonchev–Trinajstić information content (AvgIpc) is 2.87. The Morgan fingerprint density at radius 1 is 0.857 bits per heavy atom. The minimum absolute atomic E-state index is 0.830. The highest BCUT2D eigenvalue weighted by Crippen LogP contribution is 2.27. The molecular weight excluding hydrogens is 256 g/mol. The maximum Gasteiger partial charge on any atom is 0.0786 e. The Balaban J connectivity index is 2.12. The molecule has 0 N–H and O–H groups in total. The molecule has 126 valence electrons. The number of quaternary nitrogens is 1. The molecule has 2 unspecified atom stereocenters. The number of likely N-dealkylation sites (tertiary alicyclic amines) is 1. The number of hydrogen-bond acceptors (Lipinski definition) is 1. The molecule has 1 aliphatic heterocycles. The topological polar surface area (TPSA) is 3.24 Å². The van der Waals surface area contributed by atoms with Gasteiger partial charge in [-0.15, -0.1) is 0 Å². The number of hydrogen-bond donors (Lipinski definition) is 0. The zero-order valence-corrected chi connectivity index (χ0v) is 15.5. The van der Waals surface area contributed by atoms with E-state index in [1.165, 1.54) is 82.2 Å². The first-order chi connectivity index (χ1) is 10.1. The quantitative estimate of drug-likeness (QED) is 0.395. The molecule has 1 aliphatic rings. The van der Waals surface area contributed by atoms with Crippen LogP contribution in [0.2, 0.25) is 0 Å². The van der Waals surface area contributed by atoms with E-state index in [1.807, 2.05) is 0 Å². The Morgan fingerprint density at radius 2 is 1.48 bits per heavy atom. The molecule has 0 aromatic rings. The van der Waals surface area contributed by atoms with Crippen molar-refractivity contribution in [2.75, 3.05) is 32.7 Å². The molecule has 0 aromatic carbocycles. The van der Waals surface area contributed by atoms with Crippen molar-refractivity contribution in [1.82, 2.24) is 4.90 Å². The molecule has 1 saturated heterocycles. The molecule has 0 amide bonds. The van der Waals surface area contributed by atoms with Crippen LogP contribution in [-0.2, 0) is 0 Å². The highest BCUT2D eigenvalue weighted by atomic mass is 15.3. The second-order valence-corrected chi connectivity index (χ2v) is 7.13. The van der Waals surface area contributed by atoms with Gasteiger partial charge in [-0.1, -0.05) is 19.8 Å². The maximum atomic E-state index is 2.73. The van der Waals surface area contributed by atoms with Crippen LogP contribution in [0.3, 0.4) is 0 Å². The highest BCUT2D eigenvalue weighted by molar-refractivity contribution is 4.84. The molecule has 1 rings (SSSR count). The van der Waals surface area contributed by atoms with Gasteiger partial charge in [0, 0.05) is 12.1 Å². The van der Waals surface area contributed by atoms with Gasteiger partial charge in [0.15, 0.2) is 0 Å². The molecule has 2 atom stereocenters. The number of rotatable bonds is 11. The van der Waals surface area contributed by atoms with Crippen LogP contribution in [0.1, 0.15) is 79.6 Å². The van der Waals surface area contributed by atoms with E-state index in [-0.39, 0.29) is 0 Å². The molecule has 1 fully saturated rings. The van der Waals surface area contributed by atoms with Gasteiger partial charge in [-0.3, -0.25) is 4.90 Å². The van der Waals surface area contributed by atoms with Crippen LogP contribution in [0.15, 0.2) is 0 Å².